The number of nitrogens with one attached hydrogen (secondary N) is 1. The van der Waals surface area contributed by atoms with E-state index in [1.54, 1.807) is 11.3 Å². The third-order valence-electron chi connectivity index (χ3n) is 3.54. The highest BCUT2D eigenvalue weighted by Gasteiger charge is 2.12. The predicted molar refractivity (Wildman–Crippen MR) is 82.0 cm³/mol. The summed E-state index contributed by atoms with van der Waals surface area (Å²) in [5.74, 6) is 0. The van der Waals surface area contributed by atoms with Crippen LogP contribution >= 0.6 is 11.3 Å². The number of aryl methyl sites for hydroxylation is 2. The first-order chi connectivity index (χ1) is 9.65. The molecule has 104 valence electrons. The van der Waals surface area contributed by atoms with Gasteiger partial charge in [0, 0.05) is 36.1 Å². The highest BCUT2D eigenvalue weighted by molar-refractivity contribution is 7.07. The zero-order valence-electron chi connectivity index (χ0n) is 11.9. The maximum atomic E-state index is 4.49. The standard InChI is InChI=1S/C15H18N4S/c1-10-6-15-17-8-14(12(3)19(15)18-10)11(2)16-7-13-4-5-20-9-13/h4-6,8-9,11,16H,7H2,1-3H3. The fourth-order valence-corrected chi connectivity index (χ4v) is 3.04. The largest absolute Gasteiger partial charge is 0.306 e. The van der Waals surface area contributed by atoms with E-state index in [0.29, 0.717) is 0 Å². The summed E-state index contributed by atoms with van der Waals surface area (Å²) in [4.78, 5) is 4.49. The minimum absolute atomic E-state index is 0.247. The first-order valence-electron chi connectivity index (χ1n) is 6.71. The summed E-state index contributed by atoms with van der Waals surface area (Å²) < 4.78 is 1.92. The molecule has 1 N–H and O–H groups in total. The Kier molecular flexibility index (Phi) is 3.54. The lowest BCUT2D eigenvalue weighted by molar-refractivity contribution is 0.565. The average Bonchev–Trinajstić information content (AvgIpc) is 3.05. The van der Waals surface area contributed by atoms with Crippen molar-refractivity contribution in [3.63, 3.8) is 0 Å². The van der Waals surface area contributed by atoms with Gasteiger partial charge in [0.15, 0.2) is 5.65 Å². The molecule has 4 nitrogen and oxygen atoms in total. The lowest BCUT2D eigenvalue weighted by Crippen LogP contribution is -2.20. The van der Waals surface area contributed by atoms with Crippen molar-refractivity contribution < 1.29 is 0 Å². The van der Waals surface area contributed by atoms with Gasteiger partial charge in [-0.05, 0) is 43.2 Å². The molecular weight excluding hydrogens is 268 g/mol. The third kappa shape index (κ3) is 2.46. The smallest absolute Gasteiger partial charge is 0.155 e. The number of fused-ring (bicyclic) bond motifs is 1. The second-order valence-corrected chi connectivity index (χ2v) is 5.87. The Labute approximate surface area is 122 Å². The van der Waals surface area contributed by atoms with Gasteiger partial charge in [-0.25, -0.2) is 9.50 Å². The van der Waals surface area contributed by atoms with Gasteiger partial charge in [-0.2, -0.15) is 16.4 Å². The van der Waals surface area contributed by atoms with Crippen LogP contribution in [0.4, 0.5) is 0 Å². The Bertz CT molecular complexity index is 715. The number of nitrogens with zero attached hydrogens (tertiary/aromatic N) is 3. The van der Waals surface area contributed by atoms with E-state index in [1.807, 2.05) is 23.7 Å². The number of hydrogen-bond donors (Lipinski definition) is 1. The molecule has 0 amide bonds. The van der Waals surface area contributed by atoms with Crippen molar-refractivity contribution in [1.82, 2.24) is 19.9 Å². The van der Waals surface area contributed by atoms with Gasteiger partial charge in [0.2, 0.25) is 0 Å². The molecule has 0 saturated heterocycles. The maximum Gasteiger partial charge on any atom is 0.155 e. The van der Waals surface area contributed by atoms with Crippen LogP contribution in [0.5, 0.6) is 0 Å². The third-order valence-corrected chi connectivity index (χ3v) is 4.28. The summed E-state index contributed by atoms with van der Waals surface area (Å²) in [5.41, 5.74) is 5.57. The Morgan fingerprint density at radius 3 is 3.00 bits per heavy atom. The summed E-state index contributed by atoms with van der Waals surface area (Å²) in [6.45, 7) is 7.13. The molecule has 0 radical (unpaired) electrons. The van der Waals surface area contributed by atoms with Gasteiger partial charge < -0.3 is 5.32 Å². The van der Waals surface area contributed by atoms with Crippen molar-refractivity contribution in [2.24, 2.45) is 0 Å². The summed E-state index contributed by atoms with van der Waals surface area (Å²) in [6, 6.07) is 4.40. The predicted octanol–water partition coefficient (Wildman–Crippen LogP) is 3.26. The van der Waals surface area contributed by atoms with Gasteiger partial charge in [0.25, 0.3) is 0 Å². The summed E-state index contributed by atoms with van der Waals surface area (Å²) in [7, 11) is 0. The quantitative estimate of drug-likeness (QED) is 0.800. The van der Waals surface area contributed by atoms with E-state index in [4.69, 9.17) is 0 Å². The van der Waals surface area contributed by atoms with Crippen molar-refractivity contribution in [3.8, 4) is 0 Å². The Balaban J connectivity index is 1.83. The molecule has 0 aliphatic rings. The molecule has 0 aliphatic carbocycles. The molecule has 3 aromatic rings. The van der Waals surface area contributed by atoms with E-state index in [-0.39, 0.29) is 6.04 Å². The van der Waals surface area contributed by atoms with Crippen molar-refractivity contribution >= 4 is 17.0 Å². The first kappa shape index (κ1) is 13.3. The van der Waals surface area contributed by atoms with Crippen LogP contribution in [-0.4, -0.2) is 14.6 Å². The van der Waals surface area contributed by atoms with E-state index in [2.05, 4.69) is 46.1 Å². The van der Waals surface area contributed by atoms with E-state index in [9.17, 15) is 0 Å². The SMILES string of the molecule is Cc1cc2ncc(C(C)NCc3ccsc3)c(C)n2n1. The normalized spacial score (nSPS) is 12.9. The van der Waals surface area contributed by atoms with Crippen molar-refractivity contribution in [1.29, 1.82) is 0 Å². The van der Waals surface area contributed by atoms with E-state index < -0.39 is 0 Å². The van der Waals surface area contributed by atoms with Gasteiger partial charge in [-0.15, -0.1) is 0 Å². The molecule has 0 aliphatic heterocycles. The van der Waals surface area contributed by atoms with Crippen molar-refractivity contribution in [2.45, 2.75) is 33.4 Å². The Morgan fingerprint density at radius 1 is 1.40 bits per heavy atom. The van der Waals surface area contributed by atoms with Gasteiger partial charge >= 0.3 is 0 Å². The molecular formula is C15H18N4S. The topological polar surface area (TPSA) is 42.2 Å². The van der Waals surface area contributed by atoms with E-state index in [1.165, 1.54) is 11.1 Å². The fourth-order valence-electron chi connectivity index (χ4n) is 2.38. The van der Waals surface area contributed by atoms with Crippen LogP contribution in [0.3, 0.4) is 0 Å². The molecule has 5 heteroatoms. The van der Waals surface area contributed by atoms with Gasteiger partial charge in [0.05, 0.1) is 5.69 Å². The van der Waals surface area contributed by atoms with Gasteiger partial charge in [0.1, 0.15) is 0 Å². The summed E-state index contributed by atoms with van der Waals surface area (Å²) in [5, 5.41) is 12.3. The number of rotatable bonds is 4. The molecule has 3 aromatic heterocycles. The molecule has 1 atom stereocenters. The number of aromatic nitrogens is 3. The van der Waals surface area contributed by atoms with Crippen LogP contribution in [0.25, 0.3) is 5.65 Å². The molecule has 20 heavy (non-hydrogen) atoms. The molecule has 0 saturated carbocycles. The second-order valence-electron chi connectivity index (χ2n) is 5.09. The van der Waals surface area contributed by atoms with Crippen LogP contribution in [0.1, 0.15) is 35.5 Å². The number of hydrogen-bond acceptors (Lipinski definition) is 4. The molecule has 0 fully saturated rings. The van der Waals surface area contributed by atoms with Gasteiger partial charge in [-0.3, -0.25) is 0 Å². The zero-order chi connectivity index (χ0) is 14.1. The monoisotopic (exact) mass is 286 g/mol. The van der Waals surface area contributed by atoms with Crippen molar-refractivity contribution in [2.75, 3.05) is 0 Å². The van der Waals surface area contributed by atoms with Crippen LogP contribution in [-0.2, 0) is 6.54 Å². The summed E-state index contributed by atoms with van der Waals surface area (Å²) >= 11 is 1.73. The Hall–Kier alpha value is -1.72. The van der Waals surface area contributed by atoms with Crippen LogP contribution in [0.2, 0.25) is 0 Å². The molecule has 0 aromatic carbocycles. The minimum atomic E-state index is 0.247. The fraction of sp³-hybridized carbons (Fsp3) is 0.333. The minimum Gasteiger partial charge on any atom is -0.306 e. The zero-order valence-corrected chi connectivity index (χ0v) is 12.7. The maximum absolute atomic E-state index is 4.49. The average molecular weight is 286 g/mol. The summed E-state index contributed by atoms with van der Waals surface area (Å²) in [6.07, 6.45) is 1.96. The van der Waals surface area contributed by atoms with Gasteiger partial charge in [-0.1, -0.05) is 0 Å². The molecule has 1 unspecified atom stereocenters. The van der Waals surface area contributed by atoms with Crippen LogP contribution in [0.15, 0.2) is 29.1 Å². The molecule has 3 rings (SSSR count). The Morgan fingerprint density at radius 2 is 2.25 bits per heavy atom. The number of thiophene rings is 1. The molecule has 0 bridgehead atoms. The molecule has 3 heterocycles. The van der Waals surface area contributed by atoms with Crippen LogP contribution < -0.4 is 5.32 Å². The second kappa shape index (κ2) is 5.34. The lowest BCUT2D eigenvalue weighted by Gasteiger charge is -2.16. The molecule has 0 spiro atoms. The van der Waals surface area contributed by atoms with Crippen molar-refractivity contribution in [3.05, 3.63) is 51.6 Å². The first-order valence-corrected chi connectivity index (χ1v) is 7.66. The van der Waals surface area contributed by atoms with E-state index in [0.717, 1.165) is 23.6 Å². The van der Waals surface area contributed by atoms with E-state index >= 15 is 0 Å². The highest BCUT2D eigenvalue weighted by atomic mass is 32.1. The lowest BCUT2D eigenvalue weighted by atomic mass is 10.1. The van der Waals surface area contributed by atoms with Crippen LogP contribution in [0, 0.1) is 13.8 Å². The highest BCUT2D eigenvalue weighted by Crippen LogP contribution is 2.18.